The fourth-order valence-corrected chi connectivity index (χ4v) is 2.27. The topological polar surface area (TPSA) is 77.5 Å². The number of nitro benzene ring substituents is 1. The highest BCUT2D eigenvalue weighted by Gasteiger charge is 2.15. The van der Waals surface area contributed by atoms with E-state index in [-0.39, 0.29) is 11.4 Å². The van der Waals surface area contributed by atoms with Gasteiger partial charge in [0.2, 0.25) is 0 Å². The first-order valence-electron chi connectivity index (χ1n) is 5.51. The van der Waals surface area contributed by atoms with Crippen LogP contribution in [0.15, 0.2) is 37.8 Å². The van der Waals surface area contributed by atoms with Gasteiger partial charge in [0.05, 0.1) is 23.1 Å². The van der Waals surface area contributed by atoms with E-state index in [2.05, 4.69) is 37.2 Å². The van der Waals surface area contributed by atoms with Gasteiger partial charge >= 0.3 is 5.69 Å². The van der Waals surface area contributed by atoms with Crippen LogP contribution in [0.2, 0.25) is 0 Å². The minimum Gasteiger partial charge on any atom is -0.490 e. The molecule has 106 valence electrons. The maximum atomic E-state index is 10.9. The third kappa shape index (κ3) is 3.31. The van der Waals surface area contributed by atoms with Crippen molar-refractivity contribution in [3.8, 4) is 5.75 Å². The van der Waals surface area contributed by atoms with E-state index in [0.29, 0.717) is 22.7 Å². The number of nitro groups is 1. The standard InChI is InChI=1S/C12H10Br2N2O4/c1-19-11-3-2-7(4-10(11)16(17)18)15-6-8-5-9(13)12(14)20-8/h2-5,15H,6H2,1H3. The number of rotatable bonds is 5. The molecule has 0 unspecified atom stereocenters. The van der Waals surface area contributed by atoms with Gasteiger partial charge in [-0.3, -0.25) is 10.1 Å². The van der Waals surface area contributed by atoms with Crippen LogP contribution in [0.25, 0.3) is 0 Å². The Morgan fingerprint density at radius 2 is 2.15 bits per heavy atom. The van der Waals surface area contributed by atoms with Crippen molar-refractivity contribution in [1.82, 2.24) is 0 Å². The van der Waals surface area contributed by atoms with Crippen LogP contribution in [-0.4, -0.2) is 12.0 Å². The lowest BCUT2D eigenvalue weighted by Crippen LogP contribution is -2.00. The summed E-state index contributed by atoms with van der Waals surface area (Å²) in [5, 5.41) is 14.0. The van der Waals surface area contributed by atoms with Gasteiger partial charge in [0, 0.05) is 11.8 Å². The molecule has 6 nitrogen and oxygen atoms in total. The first-order chi connectivity index (χ1) is 9.51. The van der Waals surface area contributed by atoms with Crippen LogP contribution < -0.4 is 10.1 Å². The molecule has 2 aromatic rings. The van der Waals surface area contributed by atoms with Gasteiger partial charge in [-0.05, 0) is 50.1 Å². The van der Waals surface area contributed by atoms with Crippen LogP contribution in [0.4, 0.5) is 11.4 Å². The van der Waals surface area contributed by atoms with Crippen LogP contribution in [0.1, 0.15) is 5.76 Å². The summed E-state index contributed by atoms with van der Waals surface area (Å²) >= 11 is 6.56. The molecule has 20 heavy (non-hydrogen) atoms. The Morgan fingerprint density at radius 1 is 1.40 bits per heavy atom. The molecule has 0 amide bonds. The number of nitrogens with zero attached hydrogens (tertiary/aromatic N) is 1. The van der Waals surface area contributed by atoms with Gasteiger partial charge in [0.25, 0.3) is 0 Å². The predicted molar refractivity (Wildman–Crippen MR) is 81.1 cm³/mol. The fraction of sp³-hybridized carbons (Fsp3) is 0.167. The molecule has 0 spiro atoms. The van der Waals surface area contributed by atoms with E-state index in [0.717, 1.165) is 4.47 Å². The minimum atomic E-state index is -0.482. The van der Waals surface area contributed by atoms with Gasteiger partial charge in [-0.2, -0.15) is 0 Å². The molecule has 0 saturated heterocycles. The van der Waals surface area contributed by atoms with Crippen LogP contribution in [0, 0.1) is 10.1 Å². The molecule has 8 heteroatoms. The average Bonchev–Trinajstić information content (AvgIpc) is 2.75. The normalized spacial score (nSPS) is 10.3. The van der Waals surface area contributed by atoms with Crippen molar-refractivity contribution in [3.63, 3.8) is 0 Å². The second-order valence-corrected chi connectivity index (χ2v) is 5.41. The van der Waals surface area contributed by atoms with E-state index in [9.17, 15) is 10.1 Å². The summed E-state index contributed by atoms with van der Waals surface area (Å²) in [6, 6.07) is 6.49. The number of anilines is 1. The number of benzene rings is 1. The highest BCUT2D eigenvalue weighted by atomic mass is 79.9. The lowest BCUT2D eigenvalue weighted by Gasteiger charge is -2.06. The average molecular weight is 406 g/mol. The van der Waals surface area contributed by atoms with E-state index in [4.69, 9.17) is 9.15 Å². The number of hydrogen-bond acceptors (Lipinski definition) is 5. The molecule has 0 fully saturated rings. The Morgan fingerprint density at radius 3 is 2.70 bits per heavy atom. The molecule has 1 N–H and O–H groups in total. The molecule has 0 radical (unpaired) electrons. The van der Waals surface area contributed by atoms with Gasteiger partial charge in [0.1, 0.15) is 5.76 Å². The fourth-order valence-electron chi connectivity index (χ4n) is 1.61. The summed E-state index contributed by atoms with van der Waals surface area (Å²) in [6.07, 6.45) is 0. The number of hydrogen-bond donors (Lipinski definition) is 1. The SMILES string of the molecule is COc1ccc(NCc2cc(Br)c(Br)o2)cc1[N+](=O)[O-]. The number of ether oxygens (including phenoxy) is 1. The van der Waals surface area contributed by atoms with E-state index in [1.165, 1.54) is 13.2 Å². The van der Waals surface area contributed by atoms with Crippen LogP contribution in [0.5, 0.6) is 5.75 Å². The van der Waals surface area contributed by atoms with Gasteiger partial charge < -0.3 is 14.5 Å². The summed E-state index contributed by atoms with van der Waals surface area (Å²) in [4.78, 5) is 10.4. The Bertz CT molecular complexity index is 623. The van der Waals surface area contributed by atoms with Crippen molar-refractivity contribution in [3.05, 3.63) is 49.3 Å². The Labute approximate surface area is 131 Å². The zero-order valence-corrected chi connectivity index (χ0v) is 13.5. The van der Waals surface area contributed by atoms with Gasteiger partial charge in [-0.1, -0.05) is 0 Å². The second kappa shape index (κ2) is 6.27. The summed E-state index contributed by atoms with van der Waals surface area (Å²) in [6.45, 7) is 0.410. The van der Waals surface area contributed by atoms with Crippen molar-refractivity contribution < 1.29 is 14.1 Å². The molecular formula is C12H10Br2N2O4. The predicted octanol–water partition coefficient (Wildman–Crippen LogP) is 4.33. The monoisotopic (exact) mass is 404 g/mol. The number of methoxy groups -OCH3 is 1. The van der Waals surface area contributed by atoms with Gasteiger partial charge in [0.15, 0.2) is 10.4 Å². The third-order valence-electron chi connectivity index (χ3n) is 2.54. The molecule has 1 aromatic heterocycles. The van der Waals surface area contributed by atoms with Crippen LogP contribution in [0.3, 0.4) is 0 Å². The van der Waals surface area contributed by atoms with Crippen molar-refractivity contribution in [2.24, 2.45) is 0 Å². The number of halogens is 2. The van der Waals surface area contributed by atoms with Crippen molar-refractivity contribution >= 4 is 43.2 Å². The molecule has 0 aliphatic heterocycles. The van der Waals surface area contributed by atoms with E-state index < -0.39 is 4.92 Å². The molecule has 1 aromatic carbocycles. The Hall–Kier alpha value is -1.54. The molecule has 0 aliphatic rings. The lowest BCUT2D eigenvalue weighted by molar-refractivity contribution is -0.385. The third-order valence-corrected chi connectivity index (χ3v) is 4.25. The highest BCUT2D eigenvalue weighted by molar-refractivity contribution is 9.13. The van der Waals surface area contributed by atoms with Crippen molar-refractivity contribution in [2.75, 3.05) is 12.4 Å². The first-order valence-corrected chi connectivity index (χ1v) is 7.10. The maximum Gasteiger partial charge on any atom is 0.312 e. The minimum absolute atomic E-state index is 0.0840. The second-order valence-electron chi connectivity index (χ2n) is 3.83. The molecule has 0 saturated carbocycles. The smallest absolute Gasteiger partial charge is 0.312 e. The molecule has 0 aliphatic carbocycles. The van der Waals surface area contributed by atoms with E-state index >= 15 is 0 Å². The van der Waals surface area contributed by atoms with E-state index in [1.807, 2.05) is 6.07 Å². The van der Waals surface area contributed by atoms with Crippen LogP contribution in [-0.2, 0) is 6.54 Å². The highest BCUT2D eigenvalue weighted by Crippen LogP contribution is 2.31. The zero-order chi connectivity index (χ0) is 14.7. The van der Waals surface area contributed by atoms with Crippen molar-refractivity contribution in [1.29, 1.82) is 0 Å². The number of nitrogens with one attached hydrogen (secondary N) is 1. The quantitative estimate of drug-likeness (QED) is 0.591. The summed E-state index contributed by atoms with van der Waals surface area (Å²) in [5.41, 5.74) is 0.528. The first kappa shape index (κ1) is 14.9. The van der Waals surface area contributed by atoms with Crippen molar-refractivity contribution in [2.45, 2.75) is 6.54 Å². The molecule has 0 bridgehead atoms. The molecular weight excluding hydrogens is 396 g/mol. The summed E-state index contributed by atoms with van der Waals surface area (Å²) in [5.74, 6) is 0.922. The molecule has 2 rings (SSSR count). The largest absolute Gasteiger partial charge is 0.490 e. The van der Waals surface area contributed by atoms with Gasteiger partial charge in [-0.25, -0.2) is 0 Å². The Kier molecular flexibility index (Phi) is 4.66. The van der Waals surface area contributed by atoms with Gasteiger partial charge in [-0.15, -0.1) is 0 Å². The zero-order valence-electron chi connectivity index (χ0n) is 10.4. The number of furan rings is 1. The molecule has 0 atom stereocenters. The maximum absolute atomic E-state index is 10.9. The molecule has 1 heterocycles. The van der Waals surface area contributed by atoms with Crippen LogP contribution >= 0.6 is 31.9 Å². The Balaban J connectivity index is 2.13. The summed E-state index contributed by atoms with van der Waals surface area (Å²) in [7, 11) is 1.40. The van der Waals surface area contributed by atoms with E-state index in [1.54, 1.807) is 12.1 Å². The lowest BCUT2D eigenvalue weighted by atomic mass is 10.2. The summed E-state index contributed by atoms with van der Waals surface area (Å²) < 4.78 is 11.8.